The van der Waals surface area contributed by atoms with Gasteiger partial charge in [0, 0.05) is 21.3 Å². The molecule has 1 aliphatic rings. The first kappa shape index (κ1) is 10.5. The van der Waals surface area contributed by atoms with Gasteiger partial charge < -0.3 is 18.9 Å². The van der Waals surface area contributed by atoms with Crippen LogP contribution in [0.4, 0.5) is 0 Å². The van der Waals surface area contributed by atoms with Crippen LogP contribution in [0.5, 0.6) is 0 Å². The minimum Gasteiger partial charge on any atom is -0.493 e. The van der Waals surface area contributed by atoms with E-state index in [-0.39, 0.29) is 18.3 Å². The maximum Gasteiger partial charge on any atom is 0.150 e. The Labute approximate surface area is 78.4 Å². The first-order valence-electron chi connectivity index (χ1n) is 4.20. The Morgan fingerprint density at radius 2 is 2.00 bits per heavy atom. The van der Waals surface area contributed by atoms with E-state index in [1.165, 1.54) is 0 Å². The van der Waals surface area contributed by atoms with Crippen molar-refractivity contribution in [3.05, 3.63) is 12.3 Å². The second kappa shape index (κ2) is 5.21. The molecule has 3 atom stereocenters. The minimum absolute atomic E-state index is 0.0566. The predicted molar refractivity (Wildman–Crippen MR) is 47.5 cm³/mol. The van der Waals surface area contributed by atoms with E-state index in [1.54, 1.807) is 27.6 Å². The van der Waals surface area contributed by atoms with Crippen molar-refractivity contribution in [2.45, 2.75) is 18.3 Å². The highest BCUT2D eigenvalue weighted by Crippen LogP contribution is 2.17. The summed E-state index contributed by atoms with van der Waals surface area (Å²) in [6, 6.07) is 0. The third kappa shape index (κ3) is 2.43. The van der Waals surface area contributed by atoms with E-state index >= 15 is 0 Å². The average molecular weight is 188 g/mol. The quantitative estimate of drug-likeness (QED) is 0.646. The Balaban J connectivity index is 2.59. The summed E-state index contributed by atoms with van der Waals surface area (Å²) >= 11 is 0. The molecule has 0 aromatic carbocycles. The second-order valence-corrected chi connectivity index (χ2v) is 2.86. The van der Waals surface area contributed by atoms with Gasteiger partial charge in [0.1, 0.15) is 18.3 Å². The number of methoxy groups -OCH3 is 3. The smallest absolute Gasteiger partial charge is 0.150 e. The number of rotatable bonds is 4. The molecule has 1 heterocycles. The number of hydrogen-bond acceptors (Lipinski definition) is 4. The van der Waals surface area contributed by atoms with Crippen molar-refractivity contribution in [2.75, 3.05) is 27.9 Å². The number of ether oxygens (including phenoxy) is 4. The van der Waals surface area contributed by atoms with E-state index in [2.05, 4.69) is 0 Å². The van der Waals surface area contributed by atoms with Gasteiger partial charge >= 0.3 is 0 Å². The van der Waals surface area contributed by atoms with E-state index in [9.17, 15) is 0 Å². The molecule has 0 N–H and O–H groups in total. The van der Waals surface area contributed by atoms with Crippen molar-refractivity contribution in [3.8, 4) is 0 Å². The van der Waals surface area contributed by atoms with Crippen LogP contribution in [0.2, 0.25) is 0 Å². The van der Waals surface area contributed by atoms with Crippen LogP contribution in [-0.4, -0.2) is 46.2 Å². The van der Waals surface area contributed by atoms with Crippen LogP contribution >= 0.6 is 0 Å². The summed E-state index contributed by atoms with van der Waals surface area (Å²) < 4.78 is 20.9. The predicted octanol–water partition coefficient (Wildman–Crippen LogP) is 0.575. The van der Waals surface area contributed by atoms with Crippen LogP contribution in [0.1, 0.15) is 0 Å². The lowest BCUT2D eigenvalue weighted by Gasteiger charge is -2.32. The van der Waals surface area contributed by atoms with Gasteiger partial charge in [-0.05, 0) is 6.08 Å². The Bertz CT molecular complexity index is 169. The van der Waals surface area contributed by atoms with Crippen molar-refractivity contribution in [3.63, 3.8) is 0 Å². The molecule has 76 valence electrons. The normalized spacial score (nSPS) is 33.0. The van der Waals surface area contributed by atoms with Gasteiger partial charge in [-0.1, -0.05) is 0 Å². The largest absolute Gasteiger partial charge is 0.493 e. The summed E-state index contributed by atoms with van der Waals surface area (Å²) in [6.45, 7) is 0.503. The van der Waals surface area contributed by atoms with Gasteiger partial charge in [0.2, 0.25) is 0 Å². The van der Waals surface area contributed by atoms with Crippen LogP contribution in [0.3, 0.4) is 0 Å². The van der Waals surface area contributed by atoms with Gasteiger partial charge in [0.05, 0.1) is 12.9 Å². The van der Waals surface area contributed by atoms with Crippen molar-refractivity contribution < 1.29 is 18.9 Å². The van der Waals surface area contributed by atoms with Gasteiger partial charge in [0.15, 0.2) is 0 Å². The zero-order valence-corrected chi connectivity index (χ0v) is 8.23. The molecule has 0 unspecified atom stereocenters. The minimum atomic E-state index is -0.102. The highest BCUT2D eigenvalue weighted by Gasteiger charge is 2.32. The Kier molecular flexibility index (Phi) is 4.21. The molecule has 4 heteroatoms. The van der Waals surface area contributed by atoms with E-state index in [4.69, 9.17) is 18.9 Å². The lowest BCUT2D eigenvalue weighted by Crippen LogP contribution is -2.44. The SMILES string of the molecule is COC[C@@H]1OC=C[C@@H](OC)[C@H]1OC. The van der Waals surface area contributed by atoms with Gasteiger partial charge in [-0.2, -0.15) is 0 Å². The topological polar surface area (TPSA) is 36.9 Å². The maximum absolute atomic E-state index is 5.34. The zero-order valence-electron chi connectivity index (χ0n) is 8.23. The molecule has 0 aromatic heterocycles. The lowest BCUT2D eigenvalue weighted by atomic mass is 10.1. The molecule has 0 aliphatic carbocycles. The van der Waals surface area contributed by atoms with Gasteiger partial charge in [-0.3, -0.25) is 0 Å². The summed E-state index contributed by atoms with van der Waals surface area (Å²) in [5.41, 5.74) is 0. The van der Waals surface area contributed by atoms with Crippen molar-refractivity contribution >= 4 is 0 Å². The van der Waals surface area contributed by atoms with Crippen LogP contribution in [0.25, 0.3) is 0 Å². The maximum atomic E-state index is 5.34. The molecular formula is C9H16O4. The average Bonchev–Trinajstić information content (AvgIpc) is 2.18. The summed E-state index contributed by atoms with van der Waals surface area (Å²) in [5, 5.41) is 0. The third-order valence-corrected chi connectivity index (χ3v) is 2.09. The molecule has 0 spiro atoms. The van der Waals surface area contributed by atoms with Crippen molar-refractivity contribution in [2.24, 2.45) is 0 Å². The van der Waals surface area contributed by atoms with E-state index in [1.807, 2.05) is 6.08 Å². The molecule has 0 amide bonds. The molecule has 13 heavy (non-hydrogen) atoms. The molecule has 0 aromatic rings. The molecule has 0 saturated heterocycles. The standard InChI is InChI=1S/C9H16O4/c1-10-6-8-9(12-3)7(11-2)4-5-13-8/h4-5,7-9H,6H2,1-3H3/t7-,8+,9-/m1/s1. The Morgan fingerprint density at radius 3 is 2.54 bits per heavy atom. The summed E-state index contributed by atoms with van der Waals surface area (Å²) in [5.74, 6) is 0. The highest BCUT2D eigenvalue weighted by molar-refractivity contribution is 4.98. The van der Waals surface area contributed by atoms with E-state index in [0.29, 0.717) is 6.61 Å². The van der Waals surface area contributed by atoms with Crippen LogP contribution in [0.15, 0.2) is 12.3 Å². The first-order valence-corrected chi connectivity index (χ1v) is 4.20. The molecule has 0 fully saturated rings. The molecule has 4 nitrogen and oxygen atoms in total. The monoisotopic (exact) mass is 188 g/mol. The number of hydrogen-bond donors (Lipinski definition) is 0. The zero-order chi connectivity index (χ0) is 9.68. The fourth-order valence-corrected chi connectivity index (χ4v) is 1.42. The van der Waals surface area contributed by atoms with Crippen LogP contribution in [-0.2, 0) is 18.9 Å². The molecular weight excluding hydrogens is 172 g/mol. The van der Waals surface area contributed by atoms with Gasteiger partial charge in [0.25, 0.3) is 0 Å². The van der Waals surface area contributed by atoms with Crippen LogP contribution in [0, 0.1) is 0 Å². The first-order chi connectivity index (χ1) is 6.33. The van der Waals surface area contributed by atoms with E-state index in [0.717, 1.165) is 0 Å². The molecule has 0 bridgehead atoms. The molecule has 0 radical (unpaired) electrons. The van der Waals surface area contributed by atoms with Crippen molar-refractivity contribution in [1.82, 2.24) is 0 Å². The van der Waals surface area contributed by atoms with Gasteiger partial charge in [-0.25, -0.2) is 0 Å². The van der Waals surface area contributed by atoms with Gasteiger partial charge in [-0.15, -0.1) is 0 Å². The fraction of sp³-hybridized carbons (Fsp3) is 0.778. The highest BCUT2D eigenvalue weighted by atomic mass is 16.6. The molecule has 1 rings (SSSR count). The Morgan fingerprint density at radius 1 is 1.23 bits per heavy atom. The third-order valence-electron chi connectivity index (χ3n) is 2.09. The van der Waals surface area contributed by atoms with E-state index < -0.39 is 0 Å². The summed E-state index contributed by atoms with van der Waals surface area (Å²) in [4.78, 5) is 0. The molecule has 1 aliphatic heterocycles. The summed E-state index contributed by atoms with van der Waals surface area (Å²) in [6.07, 6.45) is 3.21. The second-order valence-electron chi connectivity index (χ2n) is 2.86. The van der Waals surface area contributed by atoms with Crippen LogP contribution < -0.4 is 0 Å². The molecule has 0 saturated carbocycles. The van der Waals surface area contributed by atoms with Crippen molar-refractivity contribution in [1.29, 1.82) is 0 Å². The summed E-state index contributed by atoms with van der Waals surface area (Å²) in [7, 11) is 4.92. The Hall–Kier alpha value is -0.580. The lowest BCUT2D eigenvalue weighted by molar-refractivity contribution is -0.113. The fourth-order valence-electron chi connectivity index (χ4n) is 1.42.